The second-order valence-corrected chi connectivity index (χ2v) is 7.67. The Labute approximate surface area is 196 Å². The first-order chi connectivity index (χ1) is 15.9. The number of methoxy groups -OCH3 is 2. The predicted molar refractivity (Wildman–Crippen MR) is 128 cm³/mol. The summed E-state index contributed by atoms with van der Waals surface area (Å²) in [6.07, 6.45) is 1.56. The van der Waals surface area contributed by atoms with Crippen molar-refractivity contribution in [3.8, 4) is 23.0 Å². The molecule has 0 saturated carbocycles. The molecule has 9 heteroatoms. The quantitative estimate of drug-likeness (QED) is 0.518. The fraction of sp³-hybridized carbons (Fsp3) is 0.250. The molecule has 1 aliphatic rings. The molecule has 0 radical (unpaired) electrons. The minimum absolute atomic E-state index is 0.0525. The van der Waals surface area contributed by atoms with Crippen molar-refractivity contribution in [3.63, 3.8) is 0 Å². The summed E-state index contributed by atoms with van der Waals surface area (Å²) in [5.74, 6) is 0.291. The molecular weight excluding hydrogens is 446 g/mol. The van der Waals surface area contributed by atoms with Crippen LogP contribution in [0.2, 0.25) is 0 Å². The monoisotopic (exact) mass is 471 g/mol. The molecule has 0 aromatic heterocycles. The van der Waals surface area contributed by atoms with Gasteiger partial charge in [-0.2, -0.15) is 0 Å². The van der Waals surface area contributed by atoms with Gasteiger partial charge in [0.05, 0.1) is 38.0 Å². The van der Waals surface area contributed by atoms with Gasteiger partial charge in [0, 0.05) is 11.6 Å². The number of para-hydroxylation sites is 1. The molecule has 0 unspecified atom stereocenters. The average molecular weight is 472 g/mol. The maximum Gasteiger partial charge on any atom is 0.344 e. The number of hydrogen-bond donors (Lipinski definition) is 2. The number of nitrogens with zero attached hydrogens (tertiary/aromatic N) is 1. The Morgan fingerprint density at radius 2 is 1.79 bits per heavy atom. The van der Waals surface area contributed by atoms with Crippen LogP contribution >= 0.6 is 11.8 Å². The van der Waals surface area contributed by atoms with Gasteiger partial charge in [0.15, 0.2) is 23.0 Å². The number of phenols is 1. The largest absolute Gasteiger partial charge is 0.506 e. The number of carbonyl (C=O) groups is 1. The molecule has 0 amide bonds. The number of hydrogen-bond acceptors (Lipinski definition) is 9. The zero-order chi connectivity index (χ0) is 24.0. The van der Waals surface area contributed by atoms with Crippen LogP contribution in [0.5, 0.6) is 23.0 Å². The third-order valence-electron chi connectivity index (χ3n) is 4.58. The van der Waals surface area contributed by atoms with Gasteiger partial charge in [0.2, 0.25) is 0 Å². The van der Waals surface area contributed by atoms with E-state index >= 15 is 0 Å². The number of aliphatic imine (C=N–C) groups is 1. The summed E-state index contributed by atoms with van der Waals surface area (Å²) in [5.41, 5.74) is 0.862. The third-order valence-corrected chi connectivity index (χ3v) is 5.60. The summed E-state index contributed by atoms with van der Waals surface area (Å²) >= 11 is 1.08. The summed E-state index contributed by atoms with van der Waals surface area (Å²) in [4.78, 5) is 17.5. The molecule has 0 fully saturated rings. The van der Waals surface area contributed by atoms with Crippen LogP contribution in [-0.4, -0.2) is 48.7 Å². The van der Waals surface area contributed by atoms with Gasteiger partial charge in [-0.1, -0.05) is 23.9 Å². The van der Waals surface area contributed by atoms with Crippen molar-refractivity contribution in [2.24, 2.45) is 4.99 Å². The third kappa shape index (κ3) is 5.25. The summed E-state index contributed by atoms with van der Waals surface area (Å²) in [6, 6.07) is 10.1. The van der Waals surface area contributed by atoms with Gasteiger partial charge in [-0.25, -0.2) is 9.79 Å². The molecule has 2 aromatic carbocycles. The Balaban J connectivity index is 2.07. The molecule has 2 N–H and O–H groups in total. The fourth-order valence-corrected chi connectivity index (χ4v) is 4.10. The Hall–Kier alpha value is -3.59. The molecule has 174 valence electrons. The molecule has 1 heterocycles. The highest BCUT2D eigenvalue weighted by Crippen LogP contribution is 2.42. The molecule has 3 rings (SSSR count). The number of phenolic OH excluding ortho intramolecular Hbond substituents is 1. The number of rotatable bonds is 8. The van der Waals surface area contributed by atoms with Crippen LogP contribution in [0.25, 0.3) is 6.08 Å². The summed E-state index contributed by atoms with van der Waals surface area (Å²) in [5, 5.41) is 21.6. The van der Waals surface area contributed by atoms with Gasteiger partial charge < -0.3 is 29.2 Å². The molecule has 0 aliphatic carbocycles. The number of ether oxygens (including phenoxy) is 4. The van der Waals surface area contributed by atoms with Crippen LogP contribution in [-0.2, 0) is 9.53 Å². The number of carbonyl (C=O) groups excluding carboxylic acids is 1. The van der Waals surface area contributed by atoms with E-state index in [0.717, 1.165) is 11.8 Å². The van der Waals surface area contributed by atoms with Gasteiger partial charge in [0.25, 0.3) is 0 Å². The summed E-state index contributed by atoms with van der Waals surface area (Å²) in [7, 11) is 3.04. The van der Waals surface area contributed by atoms with Crippen LogP contribution in [0, 0.1) is 0 Å². The van der Waals surface area contributed by atoms with E-state index in [1.807, 2.05) is 6.92 Å². The maximum atomic E-state index is 12.6. The van der Waals surface area contributed by atoms with Gasteiger partial charge in [-0.05, 0) is 38.1 Å². The van der Waals surface area contributed by atoms with Crippen molar-refractivity contribution in [1.29, 1.82) is 0 Å². The van der Waals surface area contributed by atoms with E-state index in [1.165, 1.54) is 14.2 Å². The second kappa shape index (κ2) is 10.8. The molecule has 8 nitrogen and oxygen atoms in total. The van der Waals surface area contributed by atoms with Crippen molar-refractivity contribution in [2.45, 2.75) is 13.8 Å². The molecule has 0 spiro atoms. The number of benzene rings is 2. The molecule has 0 saturated heterocycles. The van der Waals surface area contributed by atoms with Crippen molar-refractivity contribution in [2.75, 3.05) is 27.4 Å². The smallest absolute Gasteiger partial charge is 0.344 e. The molecule has 1 aliphatic heterocycles. The first-order valence-electron chi connectivity index (χ1n) is 10.2. The van der Waals surface area contributed by atoms with E-state index in [9.17, 15) is 15.0 Å². The number of aliphatic hydroxyl groups excluding tert-OH is 1. The van der Waals surface area contributed by atoms with Crippen molar-refractivity contribution >= 4 is 34.5 Å². The molecule has 2 aromatic rings. The number of aliphatic hydroxyl groups is 1. The van der Waals surface area contributed by atoms with E-state index < -0.39 is 5.97 Å². The molecule has 0 bridgehead atoms. The van der Waals surface area contributed by atoms with E-state index in [4.69, 9.17) is 18.9 Å². The van der Waals surface area contributed by atoms with Gasteiger partial charge in [-0.15, -0.1) is 0 Å². The van der Waals surface area contributed by atoms with E-state index in [0.29, 0.717) is 40.0 Å². The zero-order valence-electron chi connectivity index (χ0n) is 18.7. The highest BCUT2D eigenvalue weighted by Gasteiger charge is 2.33. The van der Waals surface area contributed by atoms with Crippen molar-refractivity contribution < 1.29 is 34.0 Å². The summed E-state index contributed by atoms with van der Waals surface area (Å²) < 4.78 is 21.1. The predicted octanol–water partition coefficient (Wildman–Crippen LogP) is 5.00. The number of aromatic hydroxyl groups is 1. The lowest BCUT2D eigenvalue weighted by Crippen LogP contribution is -2.12. The first kappa shape index (κ1) is 24.1. The lowest BCUT2D eigenvalue weighted by Gasteiger charge is -2.08. The van der Waals surface area contributed by atoms with Gasteiger partial charge in [-0.3, -0.25) is 0 Å². The lowest BCUT2D eigenvalue weighted by atomic mass is 10.1. The van der Waals surface area contributed by atoms with E-state index in [2.05, 4.69) is 4.99 Å². The highest BCUT2D eigenvalue weighted by atomic mass is 32.2. The van der Waals surface area contributed by atoms with Gasteiger partial charge in [0.1, 0.15) is 16.4 Å². The fourth-order valence-electron chi connectivity index (χ4n) is 3.07. The Bertz CT molecular complexity index is 1140. The van der Waals surface area contributed by atoms with Crippen LogP contribution in [0.15, 0.2) is 57.6 Å². The molecule has 33 heavy (non-hydrogen) atoms. The van der Waals surface area contributed by atoms with Crippen molar-refractivity contribution in [1.82, 2.24) is 0 Å². The van der Waals surface area contributed by atoms with Crippen LogP contribution in [0.3, 0.4) is 0 Å². The Kier molecular flexibility index (Phi) is 7.89. The molecular formula is C24H25NO7S. The normalized spacial score (nSPS) is 15.8. The van der Waals surface area contributed by atoms with Crippen molar-refractivity contribution in [3.05, 3.63) is 58.2 Å². The zero-order valence-corrected chi connectivity index (χ0v) is 19.6. The summed E-state index contributed by atoms with van der Waals surface area (Å²) in [6.45, 7) is 4.02. The number of esters is 1. The first-order valence-corrected chi connectivity index (χ1v) is 11.0. The second-order valence-electron chi connectivity index (χ2n) is 6.64. The van der Waals surface area contributed by atoms with Gasteiger partial charge >= 0.3 is 5.97 Å². The number of thioether (sulfide) groups is 1. The SMILES string of the molecule is CCOC(=O)C1=C(O)/C(=C/c2cccc(OCC)c2O)SC1=Nc1ccc(OC)c(OC)c1. The minimum Gasteiger partial charge on any atom is -0.506 e. The standard InChI is InChI=1S/C24H25NO7S/c1-5-31-17-9-7-8-14(21(17)26)12-19-22(27)20(24(28)32-6-2)23(33-19)25-15-10-11-16(29-3)18(13-15)30-4/h7-13,26-27H,5-6H2,1-4H3/b19-12-,25-23?. The highest BCUT2D eigenvalue weighted by molar-refractivity contribution is 8.18. The topological polar surface area (TPSA) is 107 Å². The van der Waals surface area contributed by atoms with Crippen LogP contribution < -0.4 is 14.2 Å². The van der Waals surface area contributed by atoms with E-state index in [-0.39, 0.29) is 28.7 Å². The van der Waals surface area contributed by atoms with Crippen LogP contribution in [0.4, 0.5) is 5.69 Å². The minimum atomic E-state index is -0.697. The Morgan fingerprint density at radius 1 is 1.03 bits per heavy atom. The van der Waals surface area contributed by atoms with Crippen LogP contribution in [0.1, 0.15) is 19.4 Å². The Morgan fingerprint density at radius 3 is 2.45 bits per heavy atom. The average Bonchev–Trinajstić information content (AvgIpc) is 3.11. The van der Waals surface area contributed by atoms with E-state index in [1.54, 1.807) is 49.4 Å². The molecule has 0 atom stereocenters. The lowest BCUT2D eigenvalue weighted by molar-refractivity contribution is -0.138. The maximum absolute atomic E-state index is 12.6.